The molecule has 1 heterocycles. The van der Waals surface area contributed by atoms with E-state index >= 15 is 0 Å². The number of piperidine rings is 1. The van der Waals surface area contributed by atoms with Gasteiger partial charge in [-0.1, -0.05) is 36.8 Å². The van der Waals surface area contributed by atoms with Crippen molar-refractivity contribution in [1.29, 1.82) is 0 Å². The number of hydrogen-bond donors (Lipinski definition) is 1. The Morgan fingerprint density at radius 1 is 1.15 bits per heavy atom. The lowest BCUT2D eigenvalue weighted by Crippen LogP contribution is -2.30. The van der Waals surface area contributed by atoms with E-state index in [1.807, 2.05) is 18.2 Å². The summed E-state index contributed by atoms with van der Waals surface area (Å²) in [7, 11) is 0. The summed E-state index contributed by atoms with van der Waals surface area (Å²) >= 11 is 0. The summed E-state index contributed by atoms with van der Waals surface area (Å²) in [4.78, 5) is 0. The lowest BCUT2D eigenvalue weighted by Gasteiger charge is -2.30. The standard InChI is InChI=1S/C11H15NO/c13-12-9-5-4-8-11(12)10-6-2-1-3-7-10/h1-3,6-7,11,13H,4-5,8-9H2. The maximum atomic E-state index is 9.66. The third-order valence-electron chi connectivity index (χ3n) is 2.66. The zero-order valence-corrected chi connectivity index (χ0v) is 7.69. The second-order valence-corrected chi connectivity index (χ2v) is 3.59. The average molecular weight is 177 g/mol. The molecule has 0 aromatic heterocycles. The Hall–Kier alpha value is -0.860. The summed E-state index contributed by atoms with van der Waals surface area (Å²) in [5.74, 6) is 0. The highest BCUT2D eigenvalue weighted by atomic mass is 16.5. The molecule has 0 aliphatic carbocycles. The van der Waals surface area contributed by atoms with Crippen molar-refractivity contribution >= 4 is 0 Å². The van der Waals surface area contributed by atoms with Crippen LogP contribution in [0.25, 0.3) is 0 Å². The van der Waals surface area contributed by atoms with Crippen molar-refractivity contribution in [2.45, 2.75) is 25.3 Å². The van der Waals surface area contributed by atoms with Crippen LogP contribution in [0, 0.1) is 0 Å². The number of hydrogen-bond acceptors (Lipinski definition) is 2. The Balaban J connectivity index is 2.15. The zero-order chi connectivity index (χ0) is 9.10. The Morgan fingerprint density at radius 2 is 1.92 bits per heavy atom. The van der Waals surface area contributed by atoms with E-state index in [1.165, 1.54) is 17.0 Å². The molecule has 1 fully saturated rings. The molecule has 2 rings (SSSR count). The van der Waals surface area contributed by atoms with Crippen LogP contribution in [0.3, 0.4) is 0 Å². The highest BCUT2D eigenvalue weighted by Gasteiger charge is 2.21. The molecule has 1 aliphatic heterocycles. The van der Waals surface area contributed by atoms with E-state index in [4.69, 9.17) is 0 Å². The topological polar surface area (TPSA) is 23.5 Å². The van der Waals surface area contributed by atoms with Crippen LogP contribution in [0.5, 0.6) is 0 Å². The fraction of sp³-hybridized carbons (Fsp3) is 0.455. The van der Waals surface area contributed by atoms with Crippen LogP contribution in [0.1, 0.15) is 30.9 Å². The first-order valence-electron chi connectivity index (χ1n) is 4.88. The second kappa shape index (κ2) is 3.90. The van der Waals surface area contributed by atoms with Crippen molar-refractivity contribution in [3.63, 3.8) is 0 Å². The molecule has 13 heavy (non-hydrogen) atoms. The molecule has 2 nitrogen and oxygen atoms in total. The summed E-state index contributed by atoms with van der Waals surface area (Å²) in [5.41, 5.74) is 1.23. The number of hydroxylamine groups is 2. The number of rotatable bonds is 1. The van der Waals surface area contributed by atoms with Gasteiger partial charge in [0.15, 0.2) is 0 Å². The molecular formula is C11H15NO. The predicted octanol–water partition coefficient (Wildman–Crippen LogP) is 2.60. The molecule has 70 valence electrons. The molecule has 0 spiro atoms. The van der Waals surface area contributed by atoms with Gasteiger partial charge in [0.1, 0.15) is 0 Å². The van der Waals surface area contributed by atoms with E-state index in [9.17, 15) is 5.21 Å². The van der Waals surface area contributed by atoms with E-state index in [1.54, 1.807) is 0 Å². The first kappa shape index (κ1) is 8.73. The van der Waals surface area contributed by atoms with Gasteiger partial charge in [-0.2, -0.15) is 5.06 Å². The molecular weight excluding hydrogens is 162 g/mol. The van der Waals surface area contributed by atoms with Crippen LogP contribution in [0.2, 0.25) is 0 Å². The van der Waals surface area contributed by atoms with E-state index in [2.05, 4.69) is 12.1 Å². The Bertz CT molecular complexity index is 260. The fourth-order valence-electron chi connectivity index (χ4n) is 1.93. The highest BCUT2D eigenvalue weighted by molar-refractivity contribution is 5.18. The lowest BCUT2D eigenvalue weighted by atomic mass is 9.97. The third-order valence-corrected chi connectivity index (χ3v) is 2.66. The monoisotopic (exact) mass is 177 g/mol. The number of nitrogens with zero attached hydrogens (tertiary/aromatic N) is 1. The highest BCUT2D eigenvalue weighted by Crippen LogP contribution is 2.28. The summed E-state index contributed by atoms with van der Waals surface area (Å²) < 4.78 is 0. The van der Waals surface area contributed by atoms with Crippen molar-refractivity contribution in [1.82, 2.24) is 5.06 Å². The van der Waals surface area contributed by atoms with Gasteiger partial charge in [0.05, 0.1) is 6.04 Å². The predicted molar refractivity (Wildman–Crippen MR) is 51.5 cm³/mol. The van der Waals surface area contributed by atoms with Crippen LogP contribution >= 0.6 is 0 Å². The van der Waals surface area contributed by atoms with Crippen LogP contribution in [-0.2, 0) is 0 Å². The number of benzene rings is 1. The average Bonchev–Trinajstić information content (AvgIpc) is 2.20. The van der Waals surface area contributed by atoms with Crippen molar-refractivity contribution in [3.05, 3.63) is 35.9 Å². The van der Waals surface area contributed by atoms with Crippen LogP contribution in [-0.4, -0.2) is 16.8 Å². The van der Waals surface area contributed by atoms with Crippen LogP contribution in [0.4, 0.5) is 0 Å². The smallest absolute Gasteiger partial charge is 0.0599 e. The largest absolute Gasteiger partial charge is 0.313 e. The van der Waals surface area contributed by atoms with E-state index < -0.39 is 0 Å². The lowest BCUT2D eigenvalue weighted by molar-refractivity contribution is -0.143. The van der Waals surface area contributed by atoms with Crippen molar-refractivity contribution in [2.24, 2.45) is 0 Å². The summed E-state index contributed by atoms with van der Waals surface area (Å²) in [6, 6.07) is 10.4. The van der Waals surface area contributed by atoms with Crippen LogP contribution in [0.15, 0.2) is 30.3 Å². The van der Waals surface area contributed by atoms with E-state index in [-0.39, 0.29) is 6.04 Å². The first-order chi connectivity index (χ1) is 6.38. The first-order valence-corrected chi connectivity index (χ1v) is 4.88. The van der Waals surface area contributed by atoms with Gasteiger partial charge in [0.25, 0.3) is 0 Å². The quantitative estimate of drug-likeness (QED) is 0.712. The van der Waals surface area contributed by atoms with Crippen molar-refractivity contribution in [3.8, 4) is 0 Å². The van der Waals surface area contributed by atoms with Crippen molar-refractivity contribution < 1.29 is 5.21 Å². The summed E-state index contributed by atoms with van der Waals surface area (Å²) in [6.07, 6.45) is 3.40. The van der Waals surface area contributed by atoms with Gasteiger partial charge in [0, 0.05) is 6.54 Å². The maximum Gasteiger partial charge on any atom is 0.0599 e. The van der Waals surface area contributed by atoms with Gasteiger partial charge in [-0.25, -0.2) is 0 Å². The summed E-state index contributed by atoms with van der Waals surface area (Å²) in [6.45, 7) is 0.805. The second-order valence-electron chi connectivity index (χ2n) is 3.59. The molecule has 0 amide bonds. The Labute approximate surface area is 78.8 Å². The molecule has 0 radical (unpaired) electrons. The van der Waals surface area contributed by atoms with Gasteiger partial charge in [-0.3, -0.25) is 0 Å². The molecule has 1 aromatic carbocycles. The molecule has 1 N–H and O–H groups in total. The fourth-order valence-corrected chi connectivity index (χ4v) is 1.93. The minimum atomic E-state index is 0.218. The maximum absolute atomic E-state index is 9.66. The van der Waals surface area contributed by atoms with Gasteiger partial charge < -0.3 is 5.21 Å². The van der Waals surface area contributed by atoms with E-state index in [0.717, 1.165) is 19.4 Å². The molecule has 0 saturated carbocycles. The minimum Gasteiger partial charge on any atom is -0.313 e. The zero-order valence-electron chi connectivity index (χ0n) is 7.69. The minimum absolute atomic E-state index is 0.218. The molecule has 1 atom stereocenters. The van der Waals surface area contributed by atoms with Crippen molar-refractivity contribution in [2.75, 3.05) is 6.54 Å². The van der Waals surface area contributed by atoms with Crippen LogP contribution < -0.4 is 0 Å². The Morgan fingerprint density at radius 3 is 2.62 bits per heavy atom. The van der Waals surface area contributed by atoms with Gasteiger partial charge in [-0.05, 0) is 18.4 Å². The Kier molecular flexibility index (Phi) is 2.62. The van der Waals surface area contributed by atoms with Gasteiger partial charge in [-0.15, -0.1) is 0 Å². The molecule has 1 aliphatic rings. The van der Waals surface area contributed by atoms with E-state index in [0.29, 0.717) is 0 Å². The third kappa shape index (κ3) is 1.90. The SMILES string of the molecule is ON1CCCCC1c1ccccc1. The summed E-state index contributed by atoms with van der Waals surface area (Å²) in [5, 5.41) is 11.1. The molecule has 1 aromatic rings. The molecule has 1 unspecified atom stereocenters. The molecule has 1 saturated heterocycles. The van der Waals surface area contributed by atoms with Gasteiger partial charge >= 0.3 is 0 Å². The molecule has 2 heteroatoms. The van der Waals surface area contributed by atoms with Gasteiger partial charge in [0.2, 0.25) is 0 Å². The molecule has 0 bridgehead atoms. The normalized spacial score (nSPS) is 24.5.